The number of rotatable bonds is 18. The minimum Gasteiger partial charge on any atom is -0.491 e. The van der Waals surface area contributed by atoms with Crippen LogP contribution in [0.3, 0.4) is 0 Å². The highest BCUT2D eigenvalue weighted by atomic mass is 31.2. The number of phosphoric ester groups is 1. The van der Waals surface area contributed by atoms with Gasteiger partial charge in [0, 0.05) is 0 Å². The van der Waals surface area contributed by atoms with Gasteiger partial charge < -0.3 is 28.7 Å². The van der Waals surface area contributed by atoms with Gasteiger partial charge in [0.05, 0.1) is 45.7 Å². The van der Waals surface area contributed by atoms with Gasteiger partial charge in [-0.05, 0) is 18.6 Å². The molecule has 1 aromatic carbocycles. The predicted molar refractivity (Wildman–Crippen MR) is 105 cm³/mol. The van der Waals surface area contributed by atoms with E-state index >= 15 is 0 Å². The molecule has 1 rings (SSSR count). The zero-order valence-electron chi connectivity index (χ0n) is 16.5. The van der Waals surface area contributed by atoms with Crippen molar-refractivity contribution in [1.82, 2.24) is 0 Å². The Morgan fingerprint density at radius 1 is 0.893 bits per heavy atom. The van der Waals surface area contributed by atoms with Crippen LogP contribution in [0.25, 0.3) is 0 Å². The first kappa shape index (κ1) is 25.0. The number of benzene rings is 1. The third-order valence-electron chi connectivity index (χ3n) is 3.70. The molecule has 0 bridgehead atoms. The summed E-state index contributed by atoms with van der Waals surface area (Å²) in [5.74, 6) is 0.815. The molecule has 162 valence electrons. The molecule has 0 heterocycles. The smallest absolute Gasteiger partial charge is 0.469 e. The monoisotopic (exact) mass is 420 g/mol. The van der Waals surface area contributed by atoms with E-state index in [1.165, 1.54) is 0 Å². The Balaban J connectivity index is 1.96. The van der Waals surface area contributed by atoms with Crippen LogP contribution in [0.5, 0.6) is 5.75 Å². The van der Waals surface area contributed by atoms with Gasteiger partial charge in [-0.15, -0.1) is 0 Å². The van der Waals surface area contributed by atoms with Crippen molar-refractivity contribution in [3.05, 3.63) is 30.3 Å². The molecule has 0 aliphatic heterocycles. The van der Waals surface area contributed by atoms with Gasteiger partial charge in [0.2, 0.25) is 0 Å². The van der Waals surface area contributed by atoms with Crippen LogP contribution in [-0.2, 0) is 23.3 Å². The lowest BCUT2D eigenvalue weighted by molar-refractivity contribution is -0.0135. The van der Waals surface area contributed by atoms with E-state index in [0.717, 1.165) is 25.0 Å². The largest absolute Gasteiger partial charge is 0.491 e. The maximum absolute atomic E-state index is 11.0. The molecule has 1 aromatic rings. The molecule has 0 saturated heterocycles. The van der Waals surface area contributed by atoms with E-state index in [1.54, 1.807) is 0 Å². The lowest BCUT2D eigenvalue weighted by Gasteiger charge is -2.18. The van der Waals surface area contributed by atoms with E-state index in [-0.39, 0.29) is 6.61 Å². The Morgan fingerprint density at radius 3 is 2.11 bits per heavy atom. The summed E-state index contributed by atoms with van der Waals surface area (Å²) >= 11 is 0. The Kier molecular flexibility index (Phi) is 14.2. The number of para-hydroxylation sites is 1. The van der Waals surface area contributed by atoms with Gasteiger partial charge in [-0.25, -0.2) is 4.57 Å². The van der Waals surface area contributed by atoms with Crippen LogP contribution in [-0.4, -0.2) is 62.1 Å². The molecule has 0 amide bonds. The van der Waals surface area contributed by atoms with E-state index in [2.05, 4.69) is 6.92 Å². The highest BCUT2D eigenvalue weighted by Crippen LogP contribution is 2.38. The summed E-state index contributed by atoms with van der Waals surface area (Å²) in [5.41, 5.74) is 0. The number of ether oxygens (including phenoxy) is 4. The molecule has 0 aliphatic rings. The molecule has 9 heteroatoms. The standard InChI is InChI=1S/C19H33O8P/c1-2-3-5-10-19(27-28(20,21)22)17-25-14-13-23-11-12-24-15-16-26-18-8-6-4-7-9-18/h4,6-9,19H,2-3,5,10-17H2,1H3,(H2,20,21,22). The zero-order chi connectivity index (χ0) is 20.5. The average molecular weight is 420 g/mol. The maximum Gasteiger partial charge on any atom is 0.469 e. The molecule has 0 aliphatic carbocycles. The van der Waals surface area contributed by atoms with E-state index in [1.807, 2.05) is 30.3 Å². The normalized spacial score (nSPS) is 12.8. The van der Waals surface area contributed by atoms with Crippen molar-refractivity contribution in [2.45, 2.75) is 38.7 Å². The van der Waals surface area contributed by atoms with Crippen LogP contribution in [0.2, 0.25) is 0 Å². The van der Waals surface area contributed by atoms with Crippen LogP contribution in [0.15, 0.2) is 30.3 Å². The summed E-state index contributed by atoms with van der Waals surface area (Å²) in [4.78, 5) is 17.9. The van der Waals surface area contributed by atoms with E-state index in [4.69, 9.17) is 33.3 Å². The second kappa shape index (κ2) is 15.9. The first-order valence-electron chi connectivity index (χ1n) is 9.66. The molecular weight excluding hydrogens is 387 g/mol. The second-order valence-electron chi connectivity index (χ2n) is 6.17. The maximum atomic E-state index is 11.0. The van der Waals surface area contributed by atoms with Crippen LogP contribution in [0.4, 0.5) is 0 Å². The zero-order valence-corrected chi connectivity index (χ0v) is 17.4. The predicted octanol–water partition coefficient (Wildman–Crippen LogP) is 3.17. The fourth-order valence-corrected chi connectivity index (χ4v) is 2.93. The first-order chi connectivity index (χ1) is 13.5. The summed E-state index contributed by atoms with van der Waals surface area (Å²) in [6, 6.07) is 9.54. The van der Waals surface area contributed by atoms with Crippen LogP contribution < -0.4 is 4.74 Å². The van der Waals surface area contributed by atoms with Gasteiger partial charge >= 0.3 is 7.82 Å². The average Bonchev–Trinajstić information content (AvgIpc) is 2.65. The van der Waals surface area contributed by atoms with Crippen molar-refractivity contribution in [2.24, 2.45) is 0 Å². The number of hydrogen-bond donors (Lipinski definition) is 2. The minimum absolute atomic E-state index is 0.130. The van der Waals surface area contributed by atoms with Gasteiger partial charge in [0.1, 0.15) is 12.4 Å². The van der Waals surface area contributed by atoms with Gasteiger partial charge in [-0.2, -0.15) is 0 Å². The van der Waals surface area contributed by atoms with Gasteiger partial charge in [0.15, 0.2) is 0 Å². The first-order valence-corrected chi connectivity index (χ1v) is 11.2. The van der Waals surface area contributed by atoms with Crippen LogP contribution >= 0.6 is 7.82 Å². The molecule has 8 nitrogen and oxygen atoms in total. The lowest BCUT2D eigenvalue weighted by Crippen LogP contribution is -2.21. The van der Waals surface area contributed by atoms with Crippen molar-refractivity contribution in [1.29, 1.82) is 0 Å². The fraction of sp³-hybridized carbons (Fsp3) is 0.684. The quantitative estimate of drug-likeness (QED) is 0.276. The van der Waals surface area contributed by atoms with E-state index < -0.39 is 13.9 Å². The summed E-state index contributed by atoms with van der Waals surface area (Å²) in [6.45, 7) is 4.75. The Morgan fingerprint density at radius 2 is 1.50 bits per heavy atom. The minimum atomic E-state index is -4.51. The molecule has 1 atom stereocenters. The van der Waals surface area contributed by atoms with Gasteiger partial charge in [0.25, 0.3) is 0 Å². The SMILES string of the molecule is CCCCCC(COCCOCCOCCOc1ccccc1)OP(=O)(O)O. The van der Waals surface area contributed by atoms with Crippen molar-refractivity contribution in [3.8, 4) is 5.75 Å². The fourth-order valence-electron chi connectivity index (χ4n) is 2.37. The summed E-state index contributed by atoms with van der Waals surface area (Å²) in [5, 5.41) is 0. The van der Waals surface area contributed by atoms with Crippen molar-refractivity contribution in [3.63, 3.8) is 0 Å². The topological polar surface area (TPSA) is 104 Å². The van der Waals surface area contributed by atoms with Crippen LogP contribution in [0, 0.1) is 0 Å². The molecule has 0 aromatic heterocycles. The Hall–Kier alpha value is -0.990. The number of hydrogen-bond acceptors (Lipinski definition) is 6. The third kappa shape index (κ3) is 15.0. The summed E-state index contributed by atoms with van der Waals surface area (Å²) in [7, 11) is -4.51. The van der Waals surface area contributed by atoms with E-state index in [0.29, 0.717) is 46.1 Å². The highest BCUT2D eigenvalue weighted by Gasteiger charge is 2.22. The van der Waals surface area contributed by atoms with Crippen molar-refractivity contribution in [2.75, 3.05) is 46.2 Å². The molecule has 1 unspecified atom stereocenters. The molecule has 0 spiro atoms. The molecule has 0 saturated carbocycles. The molecule has 28 heavy (non-hydrogen) atoms. The number of unbranched alkanes of at least 4 members (excludes halogenated alkanes) is 2. The molecular formula is C19H33O8P. The summed E-state index contributed by atoms with van der Waals surface area (Å²) < 4.78 is 37.5. The number of phosphoric acid groups is 1. The van der Waals surface area contributed by atoms with Gasteiger partial charge in [-0.1, -0.05) is 44.4 Å². The second-order valence-corrected chi connectivity index (χ2v) is 7.37. The van der Waals surface area contributed by atoms with E-state index in [9.17, 15) is 4.57 Å². The molecule has 0 fully saturated rings. The Labute approximate surface area is 167 Å². The molecule has 2 N–H and O–H groups in total. The lowest BCUT2D eigenvalue weighted by atomic mass is 10.1. The van der Waals surface area contributed by atoms with Crippen molar-refractivity contribution < 1.29 is 37.8 Å². The van der Waals surface area contributed by atoms with Gasteiger partial charge in [-0.3, -0.25) is 4.52 Å². The van der Waals surface area contributed by atoms with Crippen molar-refractivity contribution >= 4 is 7.82 Å². The third-order valence-corrected chi connectivity index (χ3v) is 4.28. The van der Waals surface area contributed by atoms with Crippen LogP contribution in [0.1, 0.15) is 32.6 Å². The Bertz CT molecular complexity index is 522. The highest BCUT2D eigenvalue weighted by molar-refractivity contribution is 7.46. The molecule has 0 radical (unpaired) electrons. The summed E-state index contributed by atoms with van der Waals surface area (Å²) in [6.07, 6.45) is 2.80.